The predicted octanol–water partition coefficient (Wildman–Crippen LogP) is 6.56. The number of nitrogens with zero attached hydrogens (tertiary/aromatic N) is 4. The molecule has 0 spiro atoms. The maximum atomic E-state index is 5.37. The van der Waals surface area contributed by atoms with Crippen molar-refractivity contribution in [2.45, 2.75) is 19.3 Å². The molecule has 1 fully saturated rings. The Morgan fingerprint density at radius 3 is 2.22 bits per heavy atom. The summed E-state index contributed by atoms with van der Waals surface area (Å²) in [6.45, 7) is 2.01. The molecule has 1 saturated heterocycles. The third-order valence-electron chi connectivity index (χ3n) is 7.28. The van der Waals surface area contributed by atoms with E-state index in [1.807, 2.05) is 12.1 Å². The molecule has 0 bridgehead atoms. The van der Waals surface area contributed by atoms with Gasteiger partial charge in [-0.3, -0.25) is 0 Å². The zero-order valence-electron chi connectivity index (χ0n) is 20.5. The lowest BCUT2D eigenvalue weighted by molar-refractivity contribution is 0.402. The molecule has 6 rings (SSSR count). The molecule has 3 heterocycles. The van der Waals surface area contributed by atoms with E-state index in [4.69, 9.17) is 14.7 Å². The highest BCUT2D eigenvalue weighted by Gasteiger charge is 2.25. The van der Waals surface area contributed by atoms with Crippen molar-refractivity contribution in [2.24, 2.45) is 5.92 Å². The van der Waals surface area contributed by atoms with E-state index in [2.05, 4.69) is 88.5 Å². The molecular formula is C31H30N4O. The molecule has 0 radical (unpaired) electrons. The summed E-state index contributed by atoms with van der Waals surface area (Å²) in [7, 11) is 1.69. The third-order valence-corrected chi connectivity index (χ3v) is 7.28. The molecule has 36 heavy (non-hydrogen) atoms. The average molecular weight is 475 g/mol. The number of fused-ring (bicyclic) bond motifs is 1. The molecular weight excluding hydrogens is 444 g/mol. The van der Waals surface area contributed by atoms with E-state index in [9.17, 15) is 0 Å². The normalized spacial score (nSPS) is 14.3. The first-order valence-corrected chi connectivity index (χ1v) is 12.6. The van der Waals surface area contributed by atoms with Gasteiger partial charge < -0.3 is 14.2 Å². The highest BCUT2D eigenvalue weighted by molar-refractivity contribution is 6.02. The molecule has 0 N–H and O–H groups in total. The minimum absolute atomic E-state index is 0.707. The van der Waals surface area contributed by atoms with Crippen LogP contribution in [0.1, 0.15) is 18.4 Å². The van der Waals surface area contributed by atoms with Crippen LogP contribution in [0.25, 0.3) is 27.8 Å². The number of benzene rings is 3. The number of hydrogen-bond acceptors (Lipinski definition) is 4. The standard InChI is InChI=1S/C31H30N4O/c1-36-27-14-12-26(13-15-27)35-21-28(25-10-6-3-7-11-25)29-30(32-22-33-31(29)35)34-18-16-24(17-19-34)20-23-8-4-2-5-9-23/h2-15,21-22,24H,16-20H2,1H3. The van der Waals surface area contributed by atoms with Crippen molar-refractivity contribution >= 4 is 16.9 Å². The summed E-state index contributed by atoms with van der Waals surface area (Å²) < 4.78 is 7.54. The SMILES string of the molecule is COc1ccc(-n2cc(-c3ccccc3)c3c(N4CCC(Cc5ccccc5)CC4)ncnc32)cc1. The summed E-state index contributed by atoms with van der Waals surface area (Å²) in [6, 6.07) is 29.5. The lowest BCUT2D eigenvalue weighted by atomic mass is 9.90. The van der Waals surface area contributed by atoms with Gasteiger partial charge in [0.1, 0.15) is 17.9 Å². The van der Waals surface area contributed by atoms with Crippen LogP contribution < -0.4 is 9.64 Å². The van der Waals surface area contributed by atoms with Crippen molar-refractivity contribution in [2.75, 3.05) is 25.1 Å². The smallest absolute Gasteiger partial charge is 0.150 e. The van der Waals surface area contributed by atoms with Crippen molar-refractivity contribution in [1.82, 2.24) is 14.5 Å². The molecule has 180 valence electrons. The highest BCUT2D eigenvalue weighted by Crippen LogP contribution is 2.38. The van der Waals surface area contributed by atoms with Crippen LogP contribution in [0.5, 0.6) is 5.75 Å². The number of aromatic nitrogens is 3. The topological polar surface area (TPSA) is 43.2 Å². The van der Waals surface area contributed by atoms with Crippen LogP contribution in [-0.4, -0.2) is 34.7 Å². The van der Waals surface area contributed by atoms with Crippen molar-refractivity contribution < 1.29 is 4.74 Å². The Balaban J connectivity index is 1.37. The van der Waals surface area contributed by atoms with E-state index in [0.717, 1.165) is 53.4 Å². The van der Waals surface area contributed by atoms with Gasteiger partial charge in [-0.15, -0.1) is 0 Å². The summed E-state index contributed by atoms with van der Waals surface area (Å²) in [5, 5.41) is 1.11. The first-order valence-electron chi connectivity index (χ1n) is 12.6. The van der Waals surface area contributed by atoms with Gasteiger partial charge in [0.2, 0.25) is 0 Å². The van der Waals surface area contributed by atoms with Crippen LogP contribution in [0.15, 0.2) is 97.5 Å². The summed E-state index contributed by atoms with van der Waals surface area (Å²) in [5.74, 6) is 2.58. The first-order chi connectivity index (χ1) is 17.8. The number of piperidine rings is 1. The summed E-state index contributed by atoms with van der Waals surface area (Å²) in [6.07, 6.45) is 7.39. The zero-order chi connectivity index (χ0) is 24.3. The van der Waals surface area contributed by atoms with Gasteiger partial charge >= 0.3 is 0 Å². The second-order valence-electron chi connectivity index (χ2n) is 9.49. The Morgan fingerprint density at radius 1 is 0.833 bits per heavy atom. The fourth-order valence-electron chi connectivity index (χ4n) is 5.36. The van der Waals surface area contributed by atoms with Gasteiger partial charge in [0.25, 0.3) is 0 Å². The van der Waals surface area contributed by atoms with Crippen LogP contribution in [0.3, 0.4) is 0 Å². The van der Waals surface area contributed by atoms with Crippen LogP contribution in [0.4, 0.5) is 5.82 Å². The maximum Gasteiger partial charge on any atom is 0.150 e. The summed E-state index contributed by atoms with van der Waals surface area (Å²) in [5.41, 5.74) is 5.74. The van der Waals surface area contributed by atoms with Gasteiger partial charge in [-0.05, 0) is 60.6 Å². The Bertz CT molecular complexity index is 1440. The second kappa shape index (κ2) is 9.86. The van der Waals surface area contributed by atoms with Crippen LogP contribution in [0, 0.1) is 5.92 Å². The Hall–Kier alpha value is -4.12. The van der Waals surface area contributed by atoms with Crippen molar-refractivity contribution in [1.29, 1.82) is 0 Å². The zero-order valence-corrected chi connectivity index (χ0v) is 20.5. The lowest BCUT2D eigenvalue weighted by Crippen LogP contribution is -2.35. The van der Waals surface area contributed by atoms with Gasteiger partial charge in [0.15, 0.2) is 5.65 Å². The summed E-state index contributed by atoms with van der Waals surface area (Å²) >= 11 is 0. The fourth-order valence-corrected chi connectivity index (χ4v) is 5.36. The van der Waals surface area contributed by atoms with E-state index in [-0.39, 0.29) is 0 Å². The van der Waals surface area contributed by atoms with E-state index < -0.39 is 0 Å². The van der Waals surface area contributed by atoms with Crippen LogP contribution in [-0.2, 0) is 6.42 Å². The predicted molar refractivity (Wildman–Crippen MR) is 146 cm³/mol. The minimum atomic E-state index is 0.707. The fraction of sp³-hybridized carbons (Fsp3) is 0.226. The largest absolute Gasteiger partial charge is 0.497 e. The number of ether oxygens (including phenoxy) is 1. The molecule has 3 aromatic carbocycles. The molecule has 1 aliphatic heterocycles. The van der Waals surface area contributed by atoms with Crippen molar-refractivity contribution in [3.63, 3.8) is 0 Å². The van der Waals surface area contributed by atoms with E-state index >= 15 is 0 Å². The monoisotopic (exact) mass is 474 g/mol. The van der Waals surface area contributed by atoms with Gasteiger partial charge in [-0.25, -0.2) is 9.97 Å². The maximum absolute atomic E-state index is 5.37. The Kier molecular flexibility index (Phi) is 6.12. The van der Waals surface area contributed by atoms with Gasteiger partial charge in [-0.2, -0.15) is 0 Å². The van der Waals surface area contributed by atoms with E-state index in [1.54, 1.807) is 13.4 Å². The van der Waals surface area contributed by atoms with Crippen molar-refractivity contribution in [3.8, 4) is 22.6 Å². The third kappa shape index (κ3) is 4.33. The highest BCUT2D eigenvalue weighted by atomic mass is 16.5. The molecule has 0 saturated carbocycles. The van der Waals surface area contributed by atoms with Crippen LogP contribution >= 0.6 is 0 Å². The minimum Gasteiger partial charge on any atom is -0.497 e. The average Bonchev–Trinajstić information content (AvgIpc) is 3.35. The number of methoxy groups -OCH3 is 1. The van der Waals surface area contributed by atoms with Crippen LogP contribution in [0.2, 0.25) is 0 Å². The first kappa shape index (κ1) is 22.4. The van der Waals surface area contributed by atoms with Gasteiger partial charge in [0, 0.05) is 30.5 Å². The molecule has 0 atom stereocenters. The van der Waals surface area contributed by atoms with E-state index in [0.29, 0.717) is 5.92 Å². The quantitative estimate of drug-likeness (QED) is 0.280. The number of hydrogen-bond donors (Lipinski definition) is 0. The van der Waals surface area contributed by atoms with E-state index in [1.165, 1.54) is 24.0 Å². The molecule has 0 aliphatic carbocycles. The van der Waals surface area contributed by atoms with Gasteiger partial charge in [0.05, 0.1) is 12.5 Å². The number of anilines is 1. The molecule has 5 nitrogen and oxygen atoms in total. The van der Waals surface area contributed by atoms with Crippen molar-refractivity contribution in [3.05, 3.63) is 103 Å². The number of rotatable bonds is 6. The molecule has 5 heteroatoms. The summed E-state index contributed by atoms with van der Waals surface area (Å²) in [4.78, 5) is 12.1. The second-order valence-corrected chi connectivity index (χ2v) is 9.49. The molecule has 0 amide bonds. The Morgan fingerprint density at radius 2 is 1.53 bits per heavy atom. The molecule has 0 unspecified atom stereocenters. The Labute approximate surface area is 212 Å². The lowest BCUT2D eigenvalue weighted by Gasteiger charge is -2.33. The van der Waals surface area contributed by atoms with Gasteiger partial charge in [-0.1, -0.05) is 60.7 Å². The molecule has 5 aromatic rings. The molecule has 1 aliphatic rings. The molecule has 2 aromatic heterocycles.